The highest BCUT2D eigenvalue weighted by molar-refractivity contribution is 6.31. The summed E-state index contributed by atoms with van der Waals surface area (Å²) in [5.41, 5.74) is 1.68. The maximum Gasteiger partial charge on any atom is 0.515 e. The number of anilines is 1. The lowest BCUT2D eigenvalue weighted by molar-refractivity contribution is 0.0643. The highest BCUT2D eigenvalue weighted by atomic mass is 35.5. The lowest BCUT2D eigenvalue weighted by atomic mass is 10.2. The summed E-state index contributed by atoms with van der Waals surface area (Å²) in [5, 5.41) is 0.544. The lowest BCUT2D eigenvalue weighted by Gasteiger charge is -2.29. The molecule has 4 nitrogen and oxygen atoms in total. The van der Waals surface area contributed by atoms with Crippen molar-refractivity contribution in [1.82, 2.24) is 0 Å². The molecule has 2 rings (SSSR count). The second-order valence-corrected chi connectivity index (χ2v) is 5.46. The zero-order valence-corrected chi connectivity index (χ0v) is 14.2. The average molecular weight is 334 g/mol. The molecular formula is C18H20ClNO3. The van der Waals surface area contributed by atoms with E-state index in [1.807, 2.05) is 49.1 Å². The van der Waals surface area contributed by atoms with Crippen LogP contribution in [0.1, 0.15) is 19.4 Å². The SMILES string of the molecule is CCN(c1ccccc1)C(C)OC(=O)Oc1cccc(Cl)c1C. The molecule has 0 N–H and O–H groups in total. The predicted octanol–water partition coefficient (Wildman–Crippen LogP) is 5.04. The molecule has 0 aliphatic heterocycles. The number of nitrogens with zero attached hydrogens (tertiary/aromatic N) is 1. The van der Waals surface area contributed by atoms with Crippen LogP contribution in [0.25, 0.3) is 0 Å². The monoisotopic (exact) mass is 333 g/mol. The molecule has 2 aromatic rings. The van der Waals surface area contributed by atoms with E-state index in [-0.39, 0.29) is 0 Å². The van der Waals surface area contributed by atoms with Crippen molar-refractivity contribution in [2.45, 2.75) is 27.0 Å². The Kier molecular flexibility index (Phi) is 5.88. The third-order valence-corrected chi connectivity index (χ3v) is 3.95. The summed E-state index contributed by atoms with van der Waals surface area (Å²) in [6.45, 7) is 6.30. The lowest BCUT2D eigenvalue weighted by Crippen LogP contribution is -2.37. The van der Waals surface area contributed by atoms with Gasteiger partial charge in [0.25, 0.3) is 0 Å². The van der Waals surface area contributed by atoms with Crippen molar-refractivity contribution in [2.24, 2.45) is 0 Å². The number of carbonyl (C=O) groups excluding carboxylic acids is 1. The van der Waals surface area contributed by atoms with Gasteiger partial charge in [-0.15, -0.1) is 0 Å². The van der Waals surface area contributed by atoms with E-state index in [9.17, 15) is 4.79 Å². The zero-order chi connectivity index (χ0) is 16.8. The molecule has 0 heterocycles. The molecule has 1 unspecified atom stereocenters. The van der Waals surface area contributed by atoms with E-state index >= 15 is 0 Å². The van der Waals surface area contributed by atoms with E-state index in [0.717, 1.165) is 5.69 Å². The fourth-order valence-electron chi connectivity index (χ4n) is 2.28. The van der Waals surface area contributed by atoms with E-state index in [1.54, 1.807) is 25.1 Å². The first-order valence-electron chi connectivity index (χ1n) is 7.48. The first kappa shape index (κ1) is 17.2. The molecule has 23 heavy (non-hydrogen) atoms. The molecule has 0 amide bonds. The number of para-hydroxylation sites is 1. The molecule has 122 valence electrons. The van der Waals surface area contributed by atoms with Crippen LogP contribution >= 0.6 is 11.6 Å². The normalized spacial score (nSPS) is 11.7. The third kappa shape index (κ3) is 4.39. The van der Waals surface area contributed by atoms with Crippen molar-refractivity contribution in [1.29, 1.82) is 0 Å². The Balaban J connectivity index is 2.02. The van der Waals surface area contributed by atoms with Crippen molar-refractivity contribution in [2.75, 3.05) is 11.4 Å². The Bertz CT molecular complexity index is 661. The van der Waals surface area contributed by atoms with E-state index in [1.165, 1.54) is 0 Å². The van der Waals surface area contributed by atoms with Gasteiger partial charge in [0.2, 0.25) is 0 Å². The molecule has 0 aromatic heterocycles. The molecule has 0 saturated heterocycles. The van der Waals surface area contributed by atoms with Crippen LogP contribution in [0, 0.1) is 6.92 Å². The van der Waals surface area contributed by atoms with Gasteiger partial charge in [0.05, 0.1) is 0 Å². The number of ether oxygens (including phenoxy) is 2. The van der Waals surface area contributed by atoms with Gasteiger partial charge in [0.1, 0.15) is 5.75 Å². The predicted molar refractivity (Wildman–Crippen MR) is 92.2 cm³/mol. The van der Waals surface area contributed by atoms with Crippen molar-refractivity contribution >= 4 is 23.4 Å². The molecular weight excluding hydrogens is 314 g/mol. The highest BCUT2D eigenvalue weighted by Crippen LogP contribution is 2.25. The second kappa shape index (κ2) is 7.88. The Morgan fingerprint density at radius 1 is 1.17 bits per heavy atom. The Hall–Kier alpha value is -2.20. The first-order valence-corrected chi connectivity index (χ1v) is 7.86. The van der Waals surface area contributed by atoms with Crippen LogP contribution in [-0.2, 0) is 4.74 Å². The number of hydrogen-bond donors (Lipinski definition) is 0. The molecule has 0 aliphatic rings. The molecule has 0 saturated carbocycles. The average Bonchev–Trinajstić information content (AvgIpc) is 2.53. The summed E-state index contributed by atoms with van der Waals surface area (Å²) in [6.07, 6.45) is -1.20. The van der Waals surface area contributed by atoms with Crippen LogP contribution in [0.3, 0.4) is 0 Å². The number of benzene rings is 2. The van der Waals surface area contributed by atoms with E-state index < -0.39 is 12.4 Å². The van der Waals surface area contributed by atoms with Crippen LogP contribution in [0.2, 0.25) is 5.02 Å². The van der Waals surface area contributed by atoms with E-state index in [4.69, 9.17) is 21.1 Å². The molecule has 1 atom stereocenters. The number of carbonyl (C=O) groups is 1. The highest BCUT2D eigenvalue weighted by Gasteiger charge is 2.19. The third-order valence-electron chi connectivity index (χ3n) is 3.55. The molecule has 0 spiro atoms. The largest absolute Gasteiger partial charge is 0.515 e. The van der Waals surface area contributed by atoms with E-state index in [2.05, 4.69) is 0 Å². The summed E-state index contributed by atoms with van der Waals surface area (Å²) in [6, 6.07) is 14.9. The molecule has 0 bridgehead atoms. The standard InChI is InChI=1S/C18H20ClNO3/c1-4-20(15-9-6-5-7-10-15)14(3)22-18(21)23-17-12-8-11-16(19)13(17)2/h5-12,14H,4H2,1-3H3. The summed E-state index contributed by atoms with van der Waals surface area (Å²) in [5.74, 6) is 0.400. The molecule has 0 fully saturated rings. The van der Waals surface area contributed by atoms with Crippen LogP contribution in [0.5, 0.6) is 5.75 Å². The topological polar surface area (TPSA) is 38.8 Å². The molecule has 5 heteroatoms. The fraction of sp³-hybridized carbons (Fsp3) is 0.278. The van der Waals surface area contributed by atoms with Crippen molar-refractivity contribution in [3.05, 3.63) is 59.1 Å². The van der Waals surface area contributed by atoms with Gasteiger partial charge in [-0.2, -0.15) is 0 Å². The minimum Gasteiger partial charge on any atom is -0.410 e. The Labute approximate surface area is 141 Å². The number of hydrogen-bond acceptors (Lipinski definition) is 4. The molecule has 0 aliphatic carbocycles. The fourth-order valence-corrected chi connectivity index (χ4v) is 2.45. The van der Waals surface area contributed by atoms with Crippen LogP contribution in [0.15, 0.2) is 48.5 Å². The van der Waals surface area contributed by atoms with E-state index in [0.29, 0.717) is 22.9 Å². The summed E-state index contributed by atoms with van der Waals surface area (Å²) in [7, 11) is 0. The van der Waals surface area contributed by atoms with Gasteiger partial charge >= 0.3 is 6.16 Å². The van der Waals surface area contributed by atoms with Gasteiger partial charge in [0, 0.05) is 22.8 Å². The Morgan fingerprint density at radius 2 is 1.87 bits per heavy atom. The summed E-state index contributed by atoms with van der Waals surface area (Å²) >= 11 is 6.02. The van der Waals surface area contributed by atoms with Crippen LogP contribution in [0.4, 0.5) is 10.5 Å². The van der Waals surface area contributed by atoms with Gasteiger partial charge in [-0.05, 0) is 45.0 Å². The summed E-state index contributed by atoms with van der Waals surface area (Å²) in [4.78, 5) is 14.0. The van der Waals surface area contributed by atoms with Gasteiger partial charge in [-0.3, -0.25) is 0 Å². The van der Waals surface area contributed by atoms with Gasteiger partial charge < -0.3 is 14.4 Å². The van der Waals surface area contributed by atoms with Gasteiger partial charge in [-0.1, -0.05) is 35.9 Å². The van der Waals surface area contributed by atoms with Crippen molar-refractivity contribution < 1.29 is 14.3 Å². The van der Waals surface area contributed by atoms with Crippen LogP contribution < -0.4 is 9.64 Å². The first-order chi connectivity index (χ1) is 11.0. The van der Waals surface area contributed by atoms with Crippen molar-refractivity contribution in [3.63, 3.8) is 0 Å². The second-order valence-electron chi connectivity index (χ2n) is 5.05. The number of halogens is 1. The van der Waals surface area contributed by atoms with Gasteiger partial charge in [0.15, 0.2) is 6.23 Å². The van der Waals surface area contributed by atoms with Gasteiger partial charge in [-0.25, -0.2) is 4.79 Å². The van der Waals surface area contributed by atoms with Crippen molar-refractivity contribution in [3.8, 4) is 5.75 Å². The minimum atomic E-state index is -0.753. The Morgan fingerprint density at radius 3 is 2.52 bits per heavy atom. The molecule has 2 aromatic carbocycles. The molecule has 0 radical (unpaired) electrons. The summed E-state index contributed by atoms with van der Waals surface area (Å²) < 4.78 is 10.6. The minimum absolute atomic E-state index is 0.400. The zero-order valence-electron chi connectivity index (χ0n) is 13.5. The maximum absolute atomic E-state index is 12.0. The maximum atomic E-state index is 12.0. The quantitative estimate of drug-likeness (QED) is 0.436. The smallest absolute Gasteiger partial charge is 0.410 e. The van der Waals surface area contributed by atoms with Crippen LogP contribution in [-0.4, -0.2) is 18.9 Å². The number of rotatable bonds is 5.